The zero-order valence-electron chi connectivity index (χ0n) is 17.4. The van der Waals surface area contributed by atoms with Crippen molar-refractivity contribution in [2.24, 2.45) is 0 Å². The van der Waals surface area contributed by atoms with Crippen LogP contribution in [-0.4, -0.2) is 36.4 Å². The molecule has 0 aliphatic carbocycles. The molecule has 3 aromatic rings. The quantitative estimate of drug-likeness (QED) is 0.618. The summed E-state index contributed by atoms with van der Waals surface area (Å²) in [5, 5.41) is 2.81. The van der Waals surface area contributed by atoms with E-state index in [0.29, 0.717) is 17.0 Å². The number of nitrogens with zero attached hydrogens (tertiary/aromatic N) is 1. The third kappa shape index (κ3) is 5.51. The molecule has 0 radical (unpaired) electrons. The molecule has 1 aliphatic rings. The lowest BCUT2D eigenvalue weighted by molar-refractivity contribution is -0.118. The maximum atomic E-state index is 12.5. The van der Waals surface area contributed by atoms with Gasteiger partial charge in [0.2, 0.25) is 0 Å². The highest BCUT2D eigenvalue weighted by Crippen LogP contribution is 2.22. The van der Waals surface area contributed by atoms with Gasteiger partial charge in [0.25, 0.3) is 11.8 Å². The predicted molar refractivity (Wildman–Crippen MR) is 122 cm³/mol. The summed E-state index contributed by atoms with van der Waals surface area (Å²) in [4.78, 5) is 26.7. The number of likely N-dealkylation sites (tertiary alicyclic amines) is 1. The highest BCUT2D eigenvalue weighted by Gasteiger charge is 2.18. The van der Waals surface area contributed by atoms with Gasteiger partial charge < -0.3 is 15.0 Å². The third-order valence-corrected chi connectivity index (χ3v) is 5.39. The summed E-state index contributed by atoms with van der Waals surface area (Å²) in [6, 6.07) is 24.8. The number of amides is 2. The summed E-state index contributed by atoms with van der Waals surface area (Å²) in [6.07, 6.45) is 3.32. The minimum Gasteiger partial charge on any atom is -0.484 e. The van der Waals surface area contributed by atoms with E-state index < -0.39 is 0 Å². The van der Waals surface area contributed by atoms with E-state index in [9.17, 15) is 9.59 Å². The second-order valence-electron chi connectivity index (χ2n) is 7.66. The highest BCUT2D eigenvalue weighted by atomic mass is 16.5. The molecule has 31 heavy (non-hydrogen) atoms. The first-order valence-electron chi connectivity index (χ1n) is 10.7. The normalized spacial score (nSPS) is 13.5. The van der Waals surface area contributed by atoms with E-state index in [2.05, 4.69) is 17.4 Å². The molecular weight excluding hydrogens is 388 g/mol. The molecule has 158 valence electrons. The van der Waals surface area contributed by atoms with Crippen LogP contribution in [0.15, 0.2) is 78.9 Å². The molecule has 0 spiro atoms. The van der Waals surface area contributed by atoms with Crippen LogP contribution in [0, 0.1) is 0 Å². The zero-order chi connectivity index (χ0) is 21.5. The Kier molecular flexibility index (Phi) is 6.62. The molecule has 1 N–H and O–H groups in total. The van der Waals surface area contributed by atoms with Crippen molar-refractivity contribution in [1.82, 2.24) is 4.90 Å². The summed E-state index contributed by atoms with van der Waals surface area (Å²) in [5.41, 5.74) is 3.52. The molecule has 0 saturated carbocycles. The number of hydrogen-bond donors (Lipinski definition) is 1. The van der Waals surface area contributed by atoms with Crippen LogP contribution in [0.1, 0.15) is 29.6 Å². The molecule has 0 aromatic heterocycles. The number of nitrogens with one attached hydrogen (secondary N) is 1. The Morgan fingerprint density at radius 1 is 0.774 bits per heavy atom. The van der Waals surface area contributed by atoms with Gasteiger partial charge in [-0.05, 0) is 66.8 Å². The van der Waals surface area contributed by atoms with E-state index >= 15 is 0 Å². The van der Waals surface area contributed by atoms with Crippen LogP contribution in [0.4, 0.5) is 5.69 Å². The van der Waals surface area contributed by atoms with Crippen molar-refractivity contribution in [3.05, 3.63) is 84.4 Å². The first-order valence-corrected chi connectivity index (χ1v) is 10.7. The fourth-order valence-corrected chi connectivity index (χ4v) is 3.70. The minimum atomic E-state index is -0.248. The van der Waals surface area contributed by atoms with E-state index in [1.807, 2.05) is 47.4 Å². The topological polar surface area (TPSA) is 58.6 Å². The fraction of sp³-hybridized carbons (Fsp3) is 0.231. The lowest BCUT2D eigenvalue weighted by atomic mass is 10.1. The number of ether oxygens (including phenoxy) is 1. The lowest BCUT2D eigenvalue weighted by Gasteiger charge is -2.26. The highest BCUT2D eigenvalue weighted by molar-refractivity contribution is 5.96. The maximum absolute atomic E-state index is 12.5. The third-order valence-electron chi connectivity index (χ3n) is 5.39. The number of anilines is 1. The minimum absolute atomic E-state index is 0.0554. The summed E-state index contributed by atoms with van der Waals surface area (Å²) < 4.78 is 5.60. The molecule has 0 bridgehead atoms. The molecule has 1 saturated heterocycles. The lowest BCUT2D eigenvalue weighted by Crippen LogP contribution is -2.35. The van der Waals surface area contributed by atoms with Crippen LogP contribution in [0.5, 0.6) is 5.75 Å². The van der Waals surface area contributed by atoms with Gasteiger partial charge >= 0.3 is 0 Å². The number of rotatable bonds is 6. The number of carbonyl (C=O) groups excluding carboxylic acids is 2. The van der Waals surface area contributed by atoms with Crippen molar-refractivity contribution >= 4 is 17.5 Å². The van der Waals surface area contributed by atoms with Crippen molar-refractivity contribution in [2.75, 3.05) is 25.0 Å². The van der Waals surface area contributed by atoms with Crippen LogP contribution < -0.4 is 10.1 Å². The predicted octanol–water partition coefficient (Wildman–Crippen LogP) is 5.00. The van der Waals surface area contributed by atoms with Crippen molar-refractivity contribution in [3.8, 4) is 16.9 Å². The molecule has 1 heterocycles. The van der Waals surface area contributed by atoms with Crippen LogP contribution in [0.3, 0.4) is 0 Å². The molecular formula is C26H26N2O3. The molecule has 5 heteroatoms. The second-order valence-corrected chi connectivity index (χ2v) is 7.66. The Hall–Kier alpha value is -3.60. The van der Waals surface area contributed by atoms with Crippen LogP contribution in [0.25, 0.3) is 11.1 Å². The molecule has 0 unspecified atom stereocenters. The number of hydrogen-bond acceptors (Lipinski definition) is 3. The van der Waals surface area contributed by atoms with E-state index in [1.165, 1.54) is 6.42 Å². The van der Waals surface area contributed by atoms with Gasteiger partial charge in [0, 0.05) is 24.3 Å². The average Bonchev–Trinajstić information content (AvgIpc) is 2.84. The average molecular weight is 415 g/mol. The van der Waals surface area contributed by atoms with Gasteiger partial charge in [-0.1, -0.05) is 42.5 Å². The van der Waals surface area contributed by atoms with Gasteiger partial charge in [-0.2, -0.15) is 0 Å². The van der Waals surface area contributed by atoms with Crippen molar-refractivity contribution in [1.29, 1.82) is 0 Å². The number of benzene rings is 3. The standard InChI is InChI=1S/C26H26N2O3/c29-25(19-31-24-15-11-21(12-16-24)20-7-3-1-4-8-20)27-23-13-9-22(10-14-23)26(30)28-17-5-2-6-18-28/h1,3-4,7-16H,2,5-6,17-19H2,(H,27,29). The first kappa shape index (κ1) is 20.7. The van der Waals surface area contributed by atoms with E-state index in [-0.39, 0.29) is 18.4 Å². The van der Waals surface area contributed by atoms with Crippen LogP contribution in [-0.2, 0) is 4.79 Å². The van der Waals surface area contributed by atoms with Crippen molar-refractivity contribution in [3.63, 3.8) is 0 Å². The Bertz CT molecular complexity index is 1010. The van der Waals surface area contributed by atoms with Crippen molar-refractivity contribution in [2.45, 2.75) is 19.3 Å². The molecule has 1 fully saturated rings. The second kappa shape index (κ2) is 9.94. The van der Waals surface area contributed by atoms with Gasteiger partial charge in [-0.15, -0.1) is 0 Å². The molecule has 0 atom stereocenters. The summed E-state index contributed by atoms with van der Waals surface area (Å²) in [7, 11) is 0. The maximum Gasteiger partial charge on any atom is 0.262 e. The van der Waals surface area contributed by atoms with Crippen molar-refractivity contribution < 1.29 is 14.3 Å². The molecule has 1 aliphatic heterocycles. The number of carbonyl (C=O) groups is 2. The van der Waals surface area contributed by atoms with E-state index in [1.54, 1.807) is 24.3 Å². The van der Waals surface area contributed by atoms with Crippen LogP contribution in [0.2, 0.25) is 0 Å². The SMILES string of the molecule is O=C(COc1ccc(-c2ccccc2)cc1)Nc1ccc(C(=O)N2CCCCC2)cc1. The Morgan fingerprint density at radius 2 is 1.42 bits per heavy atom. The Morgan fingerprint density at radius 3 is 2.10 bits per heavy atom. The smallest absolute Gasteiger partial charge is 0.262 e. The van der Waals surface area contributed by atoms with Crippen LogP contribution >= 0.6 is 0 Å². The Labute approximate surface area is 182 Å². The summed E-state index contributed by atoms with van der Waals surface area (Å²) >= 11 is 0. The number of piperidine rings is 1. The zero-order valence-corrected chi connectivity index (χ0v) is 17.4. The summed E-state index contributed by atoms with van der Waals surface area (Å²) in [6.45, 7) is 1.56. The molecule has 3 aromatic carbocycles. The molecule has 5 nitrogen and oxygen atoms in total. The monoisotopic (exact) mass is 414 g/mol. The fourth-order valence-electron chi connectivity index (χ4n) is 3.70. The summed E-state index contributed by atoms with van der Waals surface area (Å²) in [5.74, 6) is 0.444. The largest absolute Gasteiger partial charge is 0.484 e. The molecule has 4 rings (SSSR count). The van der Waals surface area contributed by atoms with Gasteiger partial charge in [-0.3, -0.25) is 9.59 Å². The van der Waals surface area contributed by atoms with E-state index in [4.69, 9.17) is 4.74 Å². The van der Waals surface area contributed by atoms with Gasteiger partial charge in [0.1, 0.15) is 5.75 Å². The van der Waals surface area contributed by atoms with E-state index in [0.717, 1.165) is 37.1 Å². The van der Waals surface area contributed by atoms with Gasteiger partial charge in [0.05, 0.1) is 0 Å². The van der Waals surface area contributed by atoms with Gasteiger partial charge in [0.15, 0.2) is 6.61 Å². The Balaban J connectivity index is 1.27. The first-order chi connectivity index (χ1) is 15.2. The van der Waals surface area contributed by atoms with Gasteiger partial charge in [-0.25, -0.2) is 0 Å². The molecule has 2 amide bonds.